The number of amides is 1. The van der Waals surface area contributed by atoms with Crippen molar-refractivity contribution in [3.05, 3.63) is 39.9 Å². The molecule has 116 valence electrons. The fourth-order valence-corrected chi connectivity index (χ4v) is 1.77. The van der Waals surface area contributed by atoms with Crippen molar-refractivity contribution in [2.45, 2.75) is 11.8 Å². The molecule has 0 heterocycles. The summed E-state index contributed by atoms with van der Waals surface area (Å²) in [5.41, 5.74) is -3.35. The van der Waals surface area contributed by atoms with Gasteiger partial charge < -0.3 is 10.0 Å². The lowest BCUT2D eigenvalue weighted by atomic mass is 9.99. The topological polar surface area (TPSA) is 40.5 Å². The highest BCUT2D eigenvalue weighted by Crippen LogP contribution is 2.34. The molecule has 0 saturated carbocycles. The van der Waals surface area contributed by atoms with Gasteiger partial charge in [0.05, 0.1) is 10.0 Å². The van der Waals surface area contributed by atoms with E-state index in [0.29, 0.717) is 11.0 Å². The maximum Gasteiger partial charge on any atom is 0.430 e. The smallest absolute Gasteiger partial charge is 0.369 e. The number of rotatable bonds is 3. The Hall–Kier alpha value is -1.24. The fraction of sp³-hybridized carbons (Fsp3) is 0.308. The van der Waals surface area contributed by atoms with Crippen molar-refractivity contribution in [2.24, 2.45) is 0 Å². The van der Waals surface area contributed by atoms with Crippen LogP contribution in [-0.2, 0) is 4.79 Å². The van der Waals surface area contributed by atoms with Crippen molar-refractivity contribution in [3.8, 4) is 0 Å². The predicted octanol–water partition coefficient (Wildman–Crippen LogP) is 3.39. The molecule has 0 aliphatic rings. The van der Waals surface area contributed by atoms with E-state index >= 15 is 0 Å². The summed E-state index contributed by atoms with van der Waals surface area (Å²) in [6.07, 6.45) is -3.81. The molecule has 0 bridgehead atoms. The summed E-state index contributed by atoms with van der Waals surface area (Å²) in [7, 11) is 2.23. The van der Waals surface area contributed by atoms with Crippen LogP contribution in [0.2, 0.25) is 10.0 Å². The first kappa shape index (κ1) is 17.8. The first-order chi connectivity index (χ1) is 9.49. The molecule has 1 N–H and O–H groups in total. The second-order valence-corrected chi connectivity index (χ2v) is 5.28. The van der Waals surface area contributed by atoms with Gasteiger partial charge in [0.15, 0.2) is 0 Å². The number of benzene rings is 1. The van der Waals surface area contributed by atoms with E-state index < -0.39 is 17.7 Å². The molecule has 1 aromatic rings. The molecule has 1 amide bonds. The molecule has 0 aliphatic heterocycles. The van der Waals surface area contributed by atoms with E-state index in [0.717, 1.165) is 20.2 Å². The number of halogens is 5. The van der Waals surface area contributed by atoms with Crippen LogP contribution in [0.5, 0.6) is 0 Å². The van der Waals surface area contributed by atoms with E-state index in [9.17, 15) is 23.1 Å². The molecule has 3 nitrogen and oxygen atoms in total. The number of nitrogens with zero attached hydrogens (tertiary/aromatic N) is 1. The summed E-state index contributed by atoms with van der Waals surface area (Å²) in [4.78, 5) is 12.3. The number of hydrogen-bond acceptors (Lipinski definition) is 2. The molecule has 0 saturated heterocycles. The van der Waals surface area contributed by atoms with Gasteiger partial charge in [0.2, 0.25) is 0 Å². The van der Waals surface area contributed by atoms with Gasteiger partial charge in [0.25, 0.3) is 11.5 Å². The quantitative estimate of drug-likeness (QED) is 0.915. The van der Waals surface area contributed by atoms with Crippen molar-refractivity contribution in [1.29, 1.82) is 0 Å². The van der Waals surface area contributed by atoms with Gasteiger partial charge in [-0.3, -0.25) is 4.79 Å². The third-order valence-corrected chi connectivity index (χ3v) is 3.36. The zero-order valence-electron chi connectivity index (χ0n) is 11.1. The standard InChI is InChI=1S/C13H12Cl2F3NO2/c1-19(2)11(20)12(21,13(16,17)18)6-5-8-3-4-9(14)10(15)7-8/h3-7,21H,1-2H3. The Morgan fingerprint density at radius 2 is 1.81 bits per heavy atom. The van der Waals surface area contributed by atoms with Gasteiger partial charge in [-0.15, -0.1) is 0 Å². The SMILES string of the molecule is CN(C)C(=O)C(O)(C=Cc1ccc(Cl)c(Cl)c1)C(F)(F)F. The lowest BCUT2D eigenvalue weighted by Crippen LogP contribution is -2.55. The third kappa shape index (κ3) is 3.90. The molecule has 1 rings (SSSR count). The zero-order chi connectivity index (χ0) is 16.4. The van der Waals surface area contributed by atoms with Crippen molar-refractivity contribution in [1.82, 2.24) is 4.90 Å². The summed E-state index contributed by atoms with van der Waals surface area (Å²) in [5.74, 6) is -1.49. The van der Waals surface area contributed by atoms with Crippen LogP contribution in [0, 0.1) is 0 Å². The molecule has 0 radical (unpaired) electrons. The number of hydrogen-bond donors (Lipinski definition) is 1. The van der Waals surface area contributed by atoms with Gasteiger partial charge in [0.1, 0.15) is 0 Å². The van der Waals surface area contributed by atoms with Crippen molar-refractivity contribution >= 4 is 35.2 Å². The maximum absolute atomic E-state index is 13.0. The number of likely N-dealkylation sites (N-methyl/N-ethyl adjacent to an activating group) is 1. The Kier molecular flexibility index (Phi) is 5.30. The number of carbonyl (C=O) groups excluding carboxylic acids is 1. The van der Waals surface area contributed by atoms with Gasteiger partial charge in [-0.2, -0.15) is 13.2 Å². The lowest BCUT2D eigenvalue weighted by molar-refractivity contribution is -0.238. The Bertz CT molecular complexity index is 573. The van der Waals surface area contributed by atoms with Crippen LogP contribution >= 0.6 is 23.2 Å². The van der Waals surface area contributed by atoms with E-state index in [-0.39, 0.29) is 15.6 Å². The monoisotopic (exact) mass is 341 g/mol. The molecule has 0 aliphatic carbocycles. The van der Waals surface area contributed by atoms with Gasteiger partial charge in [-0.1, -0.05) is 35.3 Å². The Morgan fingerprint density at radius 1 is 1.24 bits per heavy atom. The van der Waals surface area contributed by atoms with Gasteiger partial charge >= 0.3 is 6.18 Å². The van der Waals surface area contributed by atoms with E-state index in [1.807, 2.05) is 0 Å². The number of aliphatic hydroxyl groups is 1. The maximum atomic E-state index is 13.0. The predicted molar refractivity (Wildman–Crippen MR) is 75.2 cm³/mol. The molecule has 0 fully saturated rings. The Morgan fingerprint density at radius 3 is 2.24 bits per heavy atom. The molecule has 8 heteroatoms. The Labute approximate surface area is 129 Å². The fourth-order valence-electron chi connectivity index (χ4n) is 1.46. The molecule has 1 atom stereocenters. The molecule has 1 aromatic carbocycles. The van der Waals surface area contributed by atoms with E-state index in [2.05, 4.69) is 0 Å². The summed E-state index contributed by atoms with van der Waals surface area (Å²) >= 11 is 11.4. The van der Waals surface area contributed by atoms with Crippen molar-refractivity contribution in [3.63, 3.8) is 0 Å². The van der Waals surface area contributed by atoms with E-state index in [1.165, 1.54) is 18.2 Å². The largest absolute Gasteiger partial charge is 0.430 e. The van der Waals surface area contributed by atoms with Crippen LogP contribution in [0.3, 0.4) is 0 Å². The first-order valence-electron chi connectivity index (χ1n) is 5.64. The molecular formula is C13H12Cl2F3NO2. The average Bonchev–Trinajstić information content (AvgIpc) is 2.37. The van der Waals surface area contributed by atoms with E-state index in [1.54, 1.807) is 0 Å². The van der Waals surface area contributed by atoms with Crippen LogP contribution < -0.4 is 0 Å². The molecule has 0 aromatic heterocycles. The molecular weight excluding hydrogens is 330 g/mol. The minimum atomic E-state index is -5.15. The highest BCUT2D eigenvalue weighted by Gasteiger charge is 2.58. The minimum absolute atomic E-state index is 0.147. The summed E-state index contributed by atoms with van der Waals surface area (Å²) < 4.78 is 38.9. The average molecular weight is 342 g/mol. The second kappa shape index (κ2) is 6.25. The summed E-state index contributed by atoms with van der Waals surface area (Å²) in [5, 5.41) is 10.1. The molecule has 0 spiro atoms. The zero-order valence-corrected chi connectivity index (χ0v) is 12.6. The van der Waals surface area contributed by atoms with Gasteiger partial charge in [-0.05, 0) is 23.8 Å². The third-order valence-electron chi connectivity index (χ3n) is 2.63. The second-order valence-electron chi connectivity index (χ2n) is 4.47. The van der Waals surface area contributed by atoms with Crippen LogP contribution in [0.1, 0.15) is 5.56 Å². The normalized spacial score (nSPS) is 15.0. The number of carbonyl (C=O) groups is 1. The van der Waals surface area contributed by atoms with Gasteiger partial charge in [-0.25, -0.2) is 0 Å². The molecule has 21 heavy (non-hydrogen) atoms. The van der Waals surface area contributed by atoms with Crippen LogP contribution in [-0.4, -0.2) is 41.8 Å². The minimum Gasteiger partial charge on any atom is -0.369 e. The van der Waals surface area contributed by atoms with Crippen molar-refractivity contribution < 1.29 is 23.1 Å². The highest BCUT2D eigenvalue weighted by atomic mass is 35.5. The first-order valence-corrected chi connectivity index (χ1v) is 6.40. The van der Waals surface area contributed by atoms with E-state index in [4.69, 9.17) is 23.2 Å². The van der Waals surface area contributed by atoms with Crippen molar-refractivity contribution in [2.75, 3.05) is 14.1 Å². The number of alkyl halides is 3. The summed E-state index contributed by atoms with van der Waals surface area (Å²) in [6, 6.07) is 4.11. The summed E-state index contributed by atoms with van der Waals surface area (Å²) in [6.45, 7) is 0. The van der Waals surface area contributed by atoms with Crippen LogP contribution in [0.15, 0.2) is 24.3 Å². The lowest BCUT2D eigenvalue weighted by Gasteiger charge is -2.28. The van der Waals surface area contributed by atoms with Crippen LogP contribution in [0.4, 0.5) is 13.2 Å². The van der Waals surface area contributed by atoms with Gasteiger partial charge in [0, 0.05) is 14.1 Å². The Balaban J connectivity index is 3.21. The van der Waals surface area contributed by atoms with Crippen LogP contribution in [0.25, 0.3) is 6.08 Å². The highest BCUT2D eigenvalue weighted by molar-refractivity contribution is 6.42. The molecule has 1 unspecified atom stereocenters.